The molecule has 0 aliphatic heterocycles. The molecule has 2 amide bonds. The van der Waals surface area contributed by atoms with E-state index in [2.05, 4.69) is 24.5 Å². The van der Waals surface area contributed by atoms with Crippen LogP contribution in [0, 0.1) is 0 Å². The predicted molar refractivity (Wildman–Crippen MR) is 110 cm³/mol. The molecule has 0 aliphatic carbocycles. The van der Waals surface area contributed by atoms with Crippen molar-refractivity contribution in [3.8, 4) is 0 Å². The number of unbranched alkanes of at least 4 members (excludes halogenated alkanes) is 12. The lowest BCUT2D eigenvalue weighted by atomic mass is 10.1. The van der Waals surface area contributed by atoms with Crippen molar-refractivity contribution in [1.82, 2.24) is 10.6 Å². The van der Waals surface area contributed by atoms with E-state index < -0.39 is 12.2 Å². The Kier molecular flexibility index (Phi) is 19.7. The van der Waals surface area contributed by atoms with Crippen molar-refractivity contribution in [1.29, 1.82) is 0 Å². The number of nitrogens with one attached hydrogen (secondary N) is 2. The van der Waals surface area contributed by atoms with E-state index in [0.717, 1.165) is 25.7 Å². The Hall–Kier alpha value is -1.46. The van der Waals surface area contributed by atoms with Crippen LogP contribution < -0.4 is 10.6 Å². The Balaban J connectivity index is 3.31. The summed E-state index contributed by atoms with van der Waals surface area (Å²) < 4.78 is 10.1. The van der Waals surface area contributed by atoms with Crippen molar-refractivity contribution in [3.63, 3.8) is 0 Å². The summed E-state index contributed by atoms with van der Waals surface area (Å²) in [7, 11) is 0. The highest BCUT2D eigenvalue weighted by molar-refractivity contribution is 5.69. The summed E-state index contributed by atoms with van der Waals surface area (Å²) in [4.78, 5) is 23.0. The smallest absolute Gasteiger partial charge is 0.408 e. The Morgan fingerprint density at radius 3 is 1.26 bits per heavy atom. The number of carbonyl (C=O) groups is 2. The summed E-state index contributed by atoms with van der Waals surface area (Å²) in [5.74, 6) is 0. The Labute approximate surface area is 166 Å². The lowest BCUT2D eigenvalue weighted by molar-refractivity contribution is 0.135. The van der Waals surface area contributed by atoms with Crippen molar-refractivity contribution in [2.75, 3.05) is 19.9 Å². The minimum Gasteiger partial charge on any atom is -0.450 e. The van der Waals surface area contributed by atoms with E-state index in [1.807, 2.05) is 0 Å². The lowest BCUT2D eigenvalue weighted by Gasteiger charge is -2.09. The van der Waals surface area contributed by atoms with Crippen LogP contribution in [0.4, 0.5) is 9.59 Å². The molecule has 160 valence electrons. The Morgan fingerprint density at radius 1 is 0.556 bits per heavy atom. The zero-order valence-electron chi connectivity index (χ0n) is 17.7. The van der Waals surface area contributed by atoms with Crippen LogP contribution in [-0.4, -0.2) is 32.1 Å². The monoisotopic (exact) mass is 386 g/mol. The third kappa shape index (κ3) is 20.7. The molecule has 0 saturated carbocycles. The number of alkyl carbamates (subject to hydrolysis) is 2. The van der Waals surface area contributed by atoms with Crippen LogP contribution in [0.2, 0.25) is 0 Å². The first-order valence-electron chi connectivity index (χ1n) is 11.0. The van der Waals surface area contributed by atoms with Gasteiger partial charge in [0.05, 0.1) is 19.9 Å². The summed E-state index contributed by atoms with van der Waals surface area (Å²) in [6.45, 7) is 5.27. The second kappa shape index (κ2) is 20.8. The fourth-order valence-electron chi connectivity index (χ4n) is 2.74. The molecule has 0 atom stereocenters. The van der Waals surface area contributed by atoms with Crippen molar-refractivity contribution < 1.29 is 19.1 Å². The van der Waals surface area contributed by atoms with E-state index >= 15 is 0 Å². The summed E-state index contributed by atoms with van der Waals surface area (Å²) in [5, 5.41) is 4.98. The van der Waals surface area contributed by atoms with Gasteiger partial charge in [0.15, 0.2) is 0 Å². The van der Waals surface area contributed by atoms with Gasteiger partial charge >= 0.3 is 12.2 Å². The summed E-state index contributed by atoms with van der Waals surface area (Å²) >= 11 is 0. The van der Waals surface area contributed by atoms with E-state index in [9.17, 15) is 9.59 Å². The van der Waals surface area contributed by atoms with Crippen LogP contribution >= 0.6 is 0 Å². The first-order valence-corrected chi connectivity index (χ1v) is 11.0. The van der Waals surface area contributed by atoms with E-state index in [4.69, 9.17) is 9.47 Å². The molecule has 27 heavy (non-hydrogen) atoms. The van der Waals surface area contributed by atoms with Gasteiger partial charge in [-0.1, -0.05) is 90.9 Å². The molecular formula is C21H42N2O4. The molecule has 0 saturated heterocycles. The number of ether oxygens (including phenoxy) is 2. The number of hydrogen-bond donors (Lipinski definition) is 2. The van der Waals surface area contributed by atoms with Crippen LogP contribution in [-0.2, 0) is 9.47 Å². The molecule has 6 nitrogen and oxygen atoms in total. The first kappa shape index (κ1) is 25.5. The van der Waals surface area contributed by atoms with Crippen molar-refractivity contribution in [2.24, 2.45) is 0 Å². The second-order valence-electron chi connectivity index (χ2n) is 7.04. The SMILES string of the molecule is CCCCCCCCCOC(=O)NCNC(=O)OCCCCCCCCC. The molecule has 0 rings (SSSR count). The van der Waals surface area contributed by atoms with Gasteiger partial charge in [0.1, 0.15) is 0 Å². The zero-order chi connectivity index (χ0) is 20.0. The van der Waals surface area contributed by atoms with Gasteiger partial charge in [-0.2, -0.15) is 0 Å². The minimum atomic E-state index is -0.506. The quantitative estimate of drug-likeness (QED) is 0.227. The van der Waals surface area contributed by atoms with Crippen LogP contribution in [0.5, 0.6) is 0 Å². The summed E-state index contributed by atoms with van der Waals surface area (Å²) in [5.41, 5.74) is 0. The fraction of sp³-hybridized carbons (Fsp3) is 0.905. The molecule has 0 aromatic heterocycles. The van der Waals surface area contributed by atoms with Gasteiger partial charge in [0.25, 0.3) is 0 Å². The summed E-state index contributed by atoms with van der Waals surface area (Å²) in [6.07, 6.45) is 15.5. The lowest BCUT2D eigenvalue weighted by Crippen LogP contribution is -2.38. The van der Waals surface area contributed by atoms with Gasteiger partial charge in [-0.05, 0) is 12.8 Å². The third-order valence-corrected chi connectivity index (χ3v) is 4.43. The zero-order valence-corrected chi connectivity index (χ0v) is 17.7. The molecular weight excluding hydrogens is 344 g/mol. The summed E-state index contributed by atoms with van der Waals surface area (Å²) in [6, 6.07) is 0. The average molecular weight is 387 g/mol. The van der Waals surface area contributed by atoms with E-state index in [-0.39, 0.29) is 6.67 Å². The molecule has 0 aromatic rings. The first-order chi connectivity index (χ1) is 13.2. The molecule has 6 heteroatoms. The van der Waals surface area contributed by atoms with Crippen LogP contribution in [0.1, 0.15) is 104 Å². The Morgan fingerprint density at radius 2 is 0.889 bits per heavy atom. The molecule has 0 radical (unpaired) electrons. The normalized spacial score (nSPS) is 10.4. The number of hydrogen-bond acceptors (Lipinski definition) is 4. The fourth-order valence-corrected chi connectivity index (χ4v) is 2.74. The Bertz CT molecular complexity index is 319. The van der Waals surface area contributed by atoms with Crippen LogP contribution in [0.15, 0.2) is 0 Å². The van der Waals surface area contributed by atoms with Gasteiger partial charge < -0.3 is 20.1 Å². The number of carbonyl (C=O) groups excluding carboxylic acids is 2. The average Bonchev–Trinajstić information content (AvgIpc) is 2.66. The minimum absolute atomic E-state index is 0.0195. The molecule has 0 heterocycles. The van der Waals surface area contributed by atoms with Crippen molar-refractivity contribution in [3.05, 3.63) is 0 Å². The highest BCUT2D eigenvalue weighted by atomic mass is 16.6. The maximum Gasteiger partial charge on any atom is 0.408 e. The van der Waals surface area contributed by atoms with Gasteiger partial charge in [-0.25, -0.2) is 9.59 Å². The van der Waals surface area contributed by atoms with Crippen molar-refractivity contribution in [2.45, 2.75) is 104 Å². The van der Waals surface area contributed by atoms with Crippen LogP contribution in [0.25, 0.3) is 0 Å². The largest absolute Gasteiger partial charge is 0.450 e. The predicted octanol–water partition coefficient (Wildman–Crippen LogP) is 5.90. The highest BCUT2D eigenvalue weighted by Gasteiger charge is 2.04. The molecule has 0 fully saturated rings. The van der Waals surface area contributed by atoms with Gasteiger partial charge in [-0.15, -0.1) is 0 Å². The maximum absolute atomic E-state index is 11.5. The highest BCUT2D eigenvalue weighted by Crippen LogP contribution is 2.07. The molecule has 0 unspecified atom stereocenters. The molecule has 0 spiro atoms. The maximum atomic E-state index is 11.5. The molecule has 0 aliphatic rings. The van der Waals surface area contributed by atoms with Gasteiger partial charge in [0.2, 0.25) is 0 Å². The number of amides is 2. The topological polar surface area (TPSA) is 76.7 Å². The third-order valence-electron chi connectivity index (χ3n) is 4.43. The molecule has 0 bridgehead atoms. The number of rotatable bonds is 18. The van der Waals surface area contributed by atoms with E-state index in [1.54, 1.807) is 0 Å². The van der Waals surface area contributed by atoms with Gasteiger partial charge in [-0.3, -0.25) is 0 Å². The van der Waals surface area contributed by atoms with E-state index in [0.29, 0.717) is 13.2 Å². The van der Waals surface area contributed by atoms with Gasteiger partial charge in [0, 0.05) is 0 Å². The van der Waals surface area contributed by atoms with E-state index in [1.165, 1.54) is 64.2 Å². The second-order valence-corrected chi connectivity index (χ2v) is 7.04. The van der Waals surface area contributed by atoms with Crippen LogP contribution in [0.3, 0.4) is 0 Å². The van der Waals surface area contributed by atoms with Crippen molar-refractivity contribution >= 4 is 12.2 Å². The molecule has 0 aromatic carbocycles. The standard InChI is InChI=1S/C21H42N2O4/c1-3-5-7-9-11-13-15-17-26-20(24)22-19-23-21(25)27-18-16-14-12-10-8-6-4-2/h3-19H2,1-2H3,(H,22,24)(H,23,25). The molecule has 2 N–H and O–H groups in total.